The van der Waals surface area contributed by atoms with Crippen LogP contribution in [0.15, 0.2) is 9.82 Å². The molecule has 1 saturated heterocycles. The molecule has 7 nitrogen and oxygen atoms in total. The van der Waals surface area contributed by atoms with Gasteiger partial charge < -0.3 is 19.5 Å². The zero-order valence-corrected chi connectivity index (χ0v) is 20.1. The number of nitrogens with zero attached hydrogens (tertiary/aromatic N) is 2. The van der Waals surface area contributed by atoms with E-state index >= 15 is 8.78 Å². The molecule has 1 aromatic heterocycles. The van der Waals surface area contributed by atoms with Gasteiger partial charge in [-0.3, -0.25) is 9.59 Å². The molecule has 2 aliphatic heterocycles. The fraction of sp³-hybridized carbons (Fsp3) is 0.522. The monoisotopic (exact) mass is 479 g/mol. The predicted molar refractivity (Wildman–Crippen MR) is 124 cm³/mol. The minimum Gasteiger partial charge on any atom is -0.444 e. The Balaban J connectivity index is 1.77. The minimum atomic E-state index is -0.826. The Labute approximate surface area is 194 Å². The lowest BCUT2D eigenvalue weighted by Crippen LogP contribution is -2.40. The Morgan fingerprint density at radius 2 is 1.94 bits per heavy atom. The van der Waals surface area contributed by atoms with Gasteiger partial charge in [0, 0.05) is 25.2 Å². The number of nitrogens with one attached hydrogen (secondary N) is 1. The minimum absolute atomic E-state index is 0.0147. The molecule has 2 aromatic rings. The summed E-state index contributed by atoms with van der Waals surface area (Å²) in [6, 6.07) is -0.337. The van der Waals surface area contributed by atoms with Gasteiger partial charge in [0.25, 0.3) is 0 Å². The van der Waals surface area contributed by atoms with E-state index in [0.717, 1.165) is 0 Å². The molecule has 1 aromatic carbocycles. The van der Waals surface area contributed by atoms with E-state index in [1.807, 2.05) is 0 Å². The Hall–Kier alpha value is -2.62. The van der Waals surface area contributed by atoms with E-state index < -0.39 is 28.8 Å². The molecule has 1 atom stereocenters. The summed E-state index contributed by atoms with van der Waals surface area (Å²) in [6.07, 6.45) is -0.0910. The number of Topliss-reactive ketones (excluding diaryl/α,β-unsaturated/α-hetero) is 1. The molecule has 178 valence electrons. The molecule has 0 saturated carbocycles. The predicted octanol–water partition coefficient (Wildman–Crippen LogP) is 4.00. The number of alkyl carbamates (subject to hydrolysis) is 1. The van der Waals surface area contributed by atoms with Crippen LogP contribution in [0.25, 0.3) is 10.9 Å². The maximum absolute atomic E-state index is 15.9. The third kappa shape index (κ3) is 3.98. The third-order valence-corrected chi connectivity index (χ3v) is 7.01. The molecule has 1 fully saturated rings. The van der Waals surface area contributed by atoms with Crippen LogP contribution in [0.5, 0.6) is 0 Å². The summed E-state index contributed by atoms with van der Waals surface area (Å²) in [7, 11) is 0. The van der Waals surface area contributed by atoms with E-state index in [-0.39, 0.29) is 51.8 Å². The van der Waals surface area contributed by atoms with Gasteiger partial charge in [0.2, 0.25) is 5.43 Å². The van der Waals surface area contributed by atoms with Crippen molar-refractivity contribution in [3.63, 3.8) is 0 Å². The maximum Gasteiger partial charge on any atom is 0.407 e. The number of ether oxygens (including phenoxy) is 1. The summed E-state index contributed by atoms with van der Waals surface area (Å²) in [4.78, 5) is 39.0. The normalized spacial score (nSPS) is 18.2. The molecule has 1 amide bonds. The molecule has 0 bridgehead atoms. The van der Waals surface area contributed by atoms with E-state index in [1.54, 1.807) is 37.2 Å². The summed E-state index contributed by atoms with van der Waals surface area (Å²) in [5, 5.41) is 3.09. The van der Waals surface area contributed by atoms with Crippen LogP contribution in [0, 0.1) is 18.6 Å². The fourth-order valence-electron chi connectivity index (χ4n) is 4.51. The maximum atomic E-state index is 15.9. The van der Waals surface area contributed by atoms with Crippen LogP contribution in [-0.4, -0.2) is 46.9 Å². The van der Waals surface area contributed by atoms with Gasteiger partial charge in [0.15, 0.2) is 17.4 Å². The Morgan fingerprint density at radius 3 is 2.58 bits per heavy atom. The highest BCUT2D eigenvalue weighted by molar-refractivity contribution is 8.00. The van der Waals surface area contributed by atoms with Crippen molar-refractivity contribution in [1.82, 2.24) is 9.88 Å². The highest BCUT2D eigenvalue weighted by Gasteiger charge is 2.35. The van der Waals surface area contributed by atoms with Gasteiger partial charge in [-0.15, -0.1) is 0 Å². The molecule has 3 heterocycles. The summed E-state index contributed by atoms with van der Waals surface area (Å²) in [5.41, 5.74) is -1.44. The van der Waals surface area contributed by atoms with Crippen LogP contribution >= 0.6 is 11.8 Å². The van der Waals surface area contributed by atoms with Crippen LogP contribution in [0.4, 0.5) is 19.3 Å². The number of pyridine rings is 1. The summed E-state index contributed by atoms with van der Waals surface area (Å²) < 4.78 is 38.3. The number of aromatic nitrogens is 1. The van der Waals surface area contributed by atoms with Crippen LogP contribution in [0.1, 0.15) is 50.0 Å². The lowest BCUT2D eigenvalue weighted by Gasteiger charge is -2.25. The first-order chi connectivity index (χ1) is 15.4. The molecule has 4 rings (SSSR count). The first kappa shape index (κ1) is 23.5. The van der Waals surface area contributed by atoms with Gasteiger partial charge >= 0.3 is 6.09 Å². The number of amides is 1. The number of rotatable bonds is 3. The zero-order valence-electron chi connectivity index (χ0n) is 19.3. The van der Waals surface area contributed by atoms with Gasteiger partial charge in [-0.25, -0.2) is 13.6 Å². The van der Waals surface area contributed by atoms with Gasteiger partial charge in [-0.1, -0.05) is 11.8 Å². The number of carbonyl (C=O) groups excluding carboxylic acids is 2. The van der Waals surface area contributed by atoms with Gasteiger partial charge in [-0.2, -0.15) is 0 Å². The number of ketones is 1. The highest BCUT2D eigenvalue weighted by atomic mass is 32.2. The first-order valence-electron chi connectivity index (χ1n) is 10.9. The zero-order chi connectivity index (χ0) is 24.2. The van der Waals surface area contributed by atoms with Crippen molar-refractivity contribution in [3.05, 3.63) is 33.0 Å². The van der Waals surface area contributed by atoms with Crippen LogP contribution in [-0.2, 0) is 11.3 Å². The van der Waals surface area contributed by atoms with Gasteiger partial charge in [0.05, 0.1) is 33.3 Å². The van der Waals surface area contributed by atoms with Crippen molar-refractivity contribution >= 4 is 40.2 Å². The average Bonchev–Trinajstić information content (AvgIpc) is 3.32. The SMILES string of the molecule is CCn1c2c(c(=O)c3c(C)c(F)c(N4CCC(NC(=O)OC(C)(C)C)C4)c(F)c31)C(=O)CS2. The Morgan fingerprint density at radius 1 is 1.24 bits per heavy atom. The average molecular weight is 480 g/mol. The number of aryl methyl sites for hydroxylation is 2. The van der Waals surface area contributed by atoms with Crippen molar-refractivity contribution in [2.45, 2.75) is 64.3 Å². The van der Waals surface area contributed by atoms with E-state index in [0.29, 0.717) is 24.5 Å². The van der Waals surface area contributed by atoms with Crippen LogP contribution in [0.3, 0.4) is 0 Å². The van der Waals surface area contributed by atoms with Crippen molar-refractivity contribution < 1.29 is 23.1 Å². The lowest BCUT2D eigenvalue weighted by atomic mass is 10.0. The van der Waals surface area contributed by atoms with E-state index in [2.05, 4.69) is 5.32 Å². The number of benzene rings is 1. The molecule has 0 spiro atoms. The second kappa shape index (κ2) is 8.30. The van der Waals surface area contributed by atoms with Gasteiger partial charge in [0.1, 0.15) is 11.3 Å². The topological polar surface area (TPSA) is 80.6 Å². The molecule has 33 heavy (non-hydrogen) atoms. The largest absolute Gasteiger partial charge is 0.444 e. The highest BCUT2D eigenvalue weighted by Crippen LogP contribution is 2.39. The molecule has 0 radical (unpaired) electrons. The molecule has 1 unspecified atom stereocenters. The smallest absolute Gasteiger partial charge is 0.407 e. The number of anilines is 1. The summed E-state index contributed by atoms with van der Waals surface area (Å²) >= 11 is 1.20. The molecular formula is C23H27F2N3O4S. The second-order valence-corrected chi connectivity index (χ2v) is 10.3. The molecule has 1 N–H and O–H groups in total. The Kier molecular flexibility index (Phi) is 5.92. The second-order valence-electron chi connectivity index (χ2n) is 9.37. The standard InChI is InChI=1S/C23H27F2N3O4S/c1-6-28-18-14(20(30)15-13(29)10-33-21(15)28)11(2)16(24)19(17(18)25)27-8-7-12(9-27)26-22(31)32-23(3,4)5/h12H,6-10H2,1-5H3,(H,26,31). The van der Waals surface area contributed by atoms with E-state index in [4.69, 9.17) is 4.74 Å². The van der Waals surface area contributed by atoms with Crippen molar-refractivity contribution in [3.8, 4) is 0 Å². The van der Waals surface area contributed by atoms with Crippen molar-refractivity contribution in [2.75, 3.05) is 23.7 Å². The quantitative estimate of drug-likeness (QED) is 0.717. The number of fused-ring (bicyclic) bond motifs is 2. The number of hydrogen-bond donors (Lipinski definition) is 1. The number of thioether (sulfide) groups is 1. The summed E-state index contributed by atoms with van der Waals surface area (Å²) in [5.74, 6) is -1.85. The molecule has 0 aliphatic carbocycles. The molecule has 10 heteroatoms. The molecule has 2 aliphatic rings. The van der Waals surface area contributed by atoms with Crippen LogP contribution < -0.4 is 15.6 Å². The van der Waals surface area contributed by atoms with E-state index in [9.17, 15) is 14.4 Å². The number of halogens is 2. The van der Waals surface area contributed by atoms with Crippen molar-refractivity contribution in [1.29, 1.82) is 0 Å². The number of carbonyl (C=O) groups is 2. The first-order valence-corrected chi connectivity index (χ1v) is 11.9. The van der Waals surface area contributed by atoms with Crippen LogP contribution in [0.2, 0.25) is 0 Å². The Bertz CT molecular complexity index is 1240. The lowest BCUT2D eigenvalue weighted by molar-refractivity contribution is 0.0509. The fourth-order valence-corrected chi connectivity index (χ4v) is 5.65. The van der Waals surface area contributed by atoms with Crippen molar-refractivity contribution in [2.24, 2.45) is 0 Å². The molecular weight excluding hydrogens is 452 g/mol. The number of hydrogen-bond acceptors (Lipinski definition) is 6. The summed E-state index contributed by atoms with van der Waals surface area (Å²) in [6.45, 7) is 9.35. The van der Waals surface area contributed by atoms with E-state index in [1.165, 1.54) is 18.7 Å². The van der Waals surface area contributed by atoms with Gasteiger partial charge in [-0.05, 0) is 41.0 Å². The third-order valence-electron chi connectivity index (χ3n) is 5.91.